The van der Waals surface area contributed by atoms with Crippen molar-refractivity contribution in [1.82, 2.24) is 29.5 Å². The first-order chi connectivity index (χ1) is 14.7. The van der Waals surface area contributed by atoms with Crippen LogP contribution in [0.25, 0.3) is 33.3 Å². The molecule has 0 saturated heterocycles. The molecule has 30 heavy (non-hydrogen) atoms. The van der Waals surface area contributed by atoms with E-state index >= 15 is 0 Å². The van der Waals surface area contributed by atoms with Crippen LogP contribution in [0.1, 0.15) is 5.56 Å². The van der Waals surface area contributed by atoms with E-state index in [1.807, 2.05) is 41.5 Å². The van der Waals surface area contributed by atoms with Gasteiger partial charge in [0, 0.05) is 52.4 Å². The number of H-pyrrole nitrogens is 1. The van der Waals surface area contributed by atoms with Crippen molar-refractivity contribution in [2.75, 3.05) is 0 Å². The number of aromatic amines is 1. The van der Waals surface area contributed by atoms with E-state index in [2.05, 4.69) is 38.4 Å². The molecule has 0 aliphatic heterocycles. The fraction of sp³-hybridized carbons (Fsp3) is 0.0909. The van der Waals surface area contributed by atoms with E-state index in [0.717, 1.165) is 33.3 Å². The van der Waals surface area contributed by atoms with Crippen LogP contribution in [-0.2, 0) is 17.9 Å². The lowest BCUT2D eigenvalue weighted by molar-refractivity contribution is -0.118. The number of primary amides is 1. The summed E-state index contributed by atoms with van der Waals surface area (Å²) in [5, 5.41) is 9.70. The van der Waals surface area contributed by atoms with Crippen molar-refractivity contribution in [3.63, 3.8) is 0 Å². The van der Waals surface area contributed by atoms with Gasteiger partial charge in [-0.05, 0) is 11.6 Å². The molecule has 0 radical (unpaired) electrons. The zero-order valence-electron chi connectivity index (χ0n) is 16.1. The number of rotatable bonds is 6. The maximum Gasteiger partial charge on any atom is 0.239 e. The summed E-state index contributed by atoms with van der Waals surface area (Å²) in [6.07, 6.45) is 11.1. The number of nitrogens with one attached hydrogen (secondary N) is 1. The topological polar surface area (TPSA) is 107 Å². The maximum atomic E-state index is 11.1. The lowest BCUT2D eigenvalue weighted by atomic mass is 10.1. The summed E-state index contributed by atoms with van der Waals surface area (Å²) in [6.45, 7) is 0.761. The highest BCUT2D eigenvalue weighted by molar-refractivity contribution is 5.95. The van der Waals surface area contributed by atoms with E-state index in [1.54, 1.807) is 18.6 Å². The molecule has 8 nitrogen and oxygen atoms in total. The number of fused-ring (bicyclic) bond motifs is 1. The predicted octanol–water partition coefficient (Wildman–Crippen LogP) is 2.82. The van der Waals surface area contributed by atoms with E-state index in [0.29, 0.717) is 6.54 Å². The highest BCUT2D eigenvalue weighted by atomic mass is 16.1. The summed E-state index contributed by atoms with van der Waals surface area (Å²) < 4.78 is 3.45. The fourth-order valence-corrected chi connectivity index (χ4v) is 3.52. The van der Waals surface area contributed by atoms with Crippen molar-refractivity contribution in [3.8, 4) is 22.3 Å². The monoisotopic (exact) mass is 397 g/mol. The number of carbonyl (C=O) groups is 1. The molecule has 1 amide bonds. The van der Waals surface area contributed by atoms with Crippen molar-refractivity contribution in [1.29, 1.82) is 0 Å². The Morgan fingerprint density at radius 3 is 2.57 bits per heavy atom. The third kappa shape index (κ3) is 3.46. The van der Waals surface area contributed by atoms with Gasteiger partial charge in [-0.1, -0.05) is 30.3 Å². The van der Waals surface area contributed by atoms with Gasteiger partial charge in [0.15, 0.2) is 0 Å². The second-order valence-corrected chi connectivity index (χ2v) is 7.13. The van der Waals surface area contributed by atoms with Gasteiger partial charge in [-0.3, -0.25) is 14.2 Å². The third-order valence-corrected chi connectivity index (χ3v) is 4.95. The standard InChI is InChI=1S/C22H19N7O/c23-21(30)14-29-12-17(8-26-29)16-6-19-20(10-25-22(19)24-7-16)18-9-27-28(13-18)11-15-4-2-1-3-5-15/h1-10,12-13H,11,14H2,(H2,23,30)(H,24,25). The minimum absolute atomic E-state index is 0.0473. The van der Waals surface area contributed by atoms with Gasteiger partial charge in [-0.25, -0.2) is 4.98 Å². The van der Waals surface area contributed by atoms with Crippen LogP contribution < -0.4 is 5.73 Å². The summed E-state index contributed by atoms with van der Waals surface area (Å²) in [4.78, 5) is 18.9. The van der Waals surface area contributed by atoms with Crippen LogP contribution in [0.5, 0.6) is 0 Å². The average molecular weight is 397 g/mol. The number of benzene rings is 1. The first kappa shape index (κ1) is 17.9. The van der Waals surface area contributed by atoms with Crippen LogP contribution in [0.2, 0.25) is 0 Å². The Kier molecular flexibility index (Phi) is 4.36. The molecule has 0 atom stereocenters. The molecular formula is C22H19N7O. The molecule has 8 heteroatoms. The van der Waals surface area contributed by atoms with Crippen LogP contribution in [0, 0.1) is 0 Å². The second-order valence-electron chi connectivity index (χ2n) is 7.13. The summed E-state index contributed by atoms with van der Waals surface area (Å²) in [6, 6.07) is 12.3. The molecular weight excluding hydrogens is 378 g/mol. The first-order valence-electron chi connectivity index (χ1n) is 9.51. The summed E-state index contributed by atoms with van der Waals surface area (Å²) >= 11 is 0. The minimum Gasteiger partial charge on any atom is -0.368 e. The van der Waals surface area contributed by atoms with Crippen LogP contribution >= 0.6 is 0 Å². The number of hydrogen-bond acceptors (Lipinski definition) is 4. The summed E-state index contributed by atoms with van der Waals surface area (Å²) in [7, 11) is 0. The Hall–Kier alpha value is -4.20. The molecule has 3 N–H and O–H groups in total. The first-order valence-corrected chi connectivity index (χ1v) is 9.51. The Balaban J connectivity index is 1.46. The van der Waals surface area contributed by atoms with Crippen LogP contribution in [0.4, 0.5) is 0 Å². The Labute approximate surface area is 172 Å². The van der Waals surface area contributed by atoms with Crippen molar-refractivity contribution in [2.45, 2.75) is 13.1 Å². The van der Waals surface area contributed by atoms with E-state index in [4.69, 9.17) is 5.73 Å². The molecule has 0 aliphatic rings. The molecule has 0 spiro atoms. The molecule has 0 unspecified atom stereocenters. The number of amides is 1. The molecule has 0 fully saturated rings. The maximum absolute atomic E-state index is 11.1. The van der Waals surface area contributed by atoms with Gasteiger partial charge in [0.05, 0.1) is 18.9 Å². The van der Waals surface area contributed by atoms with E-state index in [1.165, 1.54) is 10.2 Å². The van der Waals surface area contributed by atoms with Crippen molar-refractivity contribution in [2.24, 2.45) is 5.73 Å². The molecule has 0 saturated carbocycles. The van der Waals surface area contributed by atoms with E-state index < -0.39 is 5.91 Å². The zero-order valence-corrected chi connectivity index (χ0v) is 16.1. The average Bonchev–Trinajstić information content (AvgIpc) is 3.47. The smallest absolute Gasteiger partial charge is 0.239 e. The lowest BCUT2D eigenvalue weighted by Crippen LogP contribution is -2.18. The van der Waals surface area contributed by atoms with Crippen LogP contribution in [-0.4, -0.2) is 35.4 Å². The number of carbonyl (C=O) groups excluding carboxylic acids is 1. The molecule has 5 rings (SSSR count). The van der Waals surface area contributed by atoms with Gasteiger partial charge in [0.1, 0.15) is 12.2 Å². The number of hydrogen-bond donors (Lipinski definition) is 2. The van der Waals surface area contributed by atoms with Crippen molar-refractivity contribution >= 4 is 16.9 Å². The minimum atomic E-state index is -0.432. The van der Waals surface area contributed by atoms with Gasteiger partial charge in [0.25, 0.3) is 0 Å². The quantitative estimate of drug-likeness (QED) is 0.459. The summed E-state index contributed by atoms with van der Waals surface area (Å²) in [5.74, 6) is -0.432. The molecule has 1 aromatic carbocycles. The fourth-order valence-electron chi connectivity index (χ4n) is 3.52. The molecule has 4 aromatic heterocycles. The number of pyridine rings is 1. The van der Waals surface area contributed by atoms with Gasteiger partial charge in [-0.2, -0.15) is 10.2 Å². The molecule has 148 valence electrons. The number of aromatic nitrogens is 6. The SMILES string of the molecule is NC(=O)Cn1cc(-c2cnc3[nH]cc(-c4cnn(Cc5ccccc5)c4)c3c2)cn1. The second kappa shape index (κ2) is 7.32. The lowest BCUT2D eigenvalue weighted by Gasteiger charge is -2.01. The highest BCUT2D eigenvalue weighted by Gasteiger charge is 2.12. The third-order valence-electron chi connectivity index (χ3n) is 4.95. The Morgan fingerprint density at radius 1 is 0.967 bits per heavy atom. The highest BCUT2D eigenvalue weighted by Crippen LogP contribution is 2.30. The van der Waals surface area contributed by atoms with Crippen molar-refractivity contribution in [3.05, 3.63) is 79.1 Å². The largest absolute Gasteiger partial charge is 0.368 e. The Bertz CT molecular complexity index is 1330. The number of nitrogens with zero attached hydrogens (tertiary/aromatic N) is 5. The molecule has 0 bridgehead atoms. The van der Waals surface area contributed by atoms with Gasteiger partial charge >= 0.3 is 0 Å². The van der Waals surface area contributed by atoms with E-state index in [-0.39, 0.29) is 6.54 Å². The van der Waals surface area contributed by atoms with Gasteiger partial charge < -0.3 is 10.7 Å². The normalized spacial score (nSPS) is 11.2. The van der Waals surface area contributed by atoms with Crippen molar-refractivity contribution < 1.29 is 4.79 Å². The van der Waals surface area contributed by atoms with Gasteiger partial charge in [0.2, 0.25) is 5.91 Å². The summed E-state index contributed by atoms with van der Waals surface area (Å²) in [5.41, 5.74) is 11.1. The molecule has 5 aromatic rings. The zero-order chi connectivity index (χ0) is 20.5. The van der Waals surface area contributed by atoms with Gasteiger partial charge in [-0.15, -0.1) is 0 Å². The molecule has 0 aliphatic carbocycles. The van der Waals surface area contributed by atoms with Crippen LogP contribution in [0.15, 0.2) is 73.6 Å². The van der Waals surface area contributed by atoms with E-state index in [9.17, 15) is 4.79 Å². The Morgan fingerprint density at radius 2 is 1.73 bits per heavy atom. The number of nitrogens with two attached hydrogens (primary N) is 1. The van der Waals surface area contributed by atoms with Crippen LogP contribution in [0.3, 0.4) is 0 Å². The molecule has 4 heterocycles. The predicted molar refractivity (Wildman–Crippen MR) is 113 cm³/mol.